The smallest absolute Gasteiger partial charge is 0.268 e. The molecule has 5 aliphatic rings. The number of halogens is 2. The van der Waals surface area contributed by atoms with Crippen molar-refractivity contribution < 1.29 is 13.6 Å². The zero-order chi connectivity index (χ0) is 23.3. The van der Waals surface area contributed by atoms with Crippen molar-refractivity contribution in [1.82, 2.24) is 15.5 Å². The number of amides is 1. The van der Waals surface area contributed by atoms with Crippen LogP contribution in [0.15, 0.2) is 24.3 Å². The van der Waals surface area contributed by atoms with Crippen LogP contribution in [0.3, 0.4) is 0 Å². The standard InChI is InChI=1S/C25H29F2N5O/c26-25(27)10-21(12-29)32(16-25)22(33)14-31-24-8-19-5-20(9-24)7-23(6-19,15-24)30-13-18-3-1-17(11-28)2-4-18/h1-4,19-21,30-31H,5-10,13-16H2/t19-,20+,21-,23?,24?/m0/s1. The van der Waals surface area contributed by atoms with E-state index in [9.17, 15) is 18.8 Å². The van der Waals surface area contributed by atoms with Crippen LogP contribution in [-0.2, 0) is 11.3 Å². The summed E-state index contributed by atoms with van der Waals surface area (Å²) in [6.45, 7) is 0.0619. The highest BCUT2D eigenvalue weighted by atomic mass is 19.3. The van der Waals surface area contributed by atoms with Crippen LogP contribution in [-0.4, -0.2) is 46.9 Å². The van der Waals surface area contributed by atoms with E-state index in [-0.39, 0.29) is 17.6 Å². The number of likely N-dealkylation sites (tertiary alicyclic amines) is 1. The lowest BCUT2D eigenvalue weighted by Gasteiger charge is -2.62. The maximum atomic E-state index is 13.8. The number of nitriles is 2. The van der Waals surface area contributed by atoms with Crippen LogP contribution in [0.4, 0.5) is 8.78 Å². The van der Waals surface area contributed by atoms with Gasteiger partial charge in [0.15, 0.2) is 0 Å². The molecule has 5 fully saturated rings. The van der Waals surface area contributed by atoms with Crippen LogP contribution in [0.25, 0.3) is 0 Å². The number of benzene rings is 1. The van der Waals surface area contributed by atoms with Crippen LogP contribution in [0, 0.1) is 34.5 Å². The minimum atomic E-state index is -2.99. The van der Waals surface area contributed by atoms with Gasteiger partial charge in [-0.1, -0.05) is 12.1 Å². The number of alkyl halides is 2. The van der Waals surface area contributed by atoms with E-state index >= 15 is 0 Å². The molecule has 2 unspecified atom stereocenters. The third-order valence-electron chi connectivity index (χ3n) is 8.17. The van der Waals surface area contributed by atoms with Crippen molar-refractivity contribution in [2.75, 3.05) is 13.1 Å². The van der Waals surface area contributed by atoms with Crippen molar-refractivity contribution in [3.05, 3.63) is 35.4 Å². The van der Waals surface area contributed by atoms with Crippen molar-refractivity contribution in [2.45, 2.75) is 74.5 Å². The molecule has 2 N–H and O–H groups in total. The van der Waals surface area contributed by atoms with Gasteiger partial charge in [-0.3, -0.25) is 4.79 Å². The molecule has 1 aliphatic heterocycles. The van der Waals surface area contributed by atoms with E-state index in [0.717, 1.165) is 49.1 Å². The SMILES string of the molecule is N#Cc1ccc(CNC23C[C@@H]4C[C@@H](CC(NCC(=O)N5CC(F)(F)C[C@H]5C#N)(C4)C2)C3)cc1. The van der Waals surface area contributed by atoms with E-state index in [1.165, 1.54) is 6.42 Å². The highest BCUT2D eigenvalue weighted by Crippen LogP contribution is 2.57. The average Bonchev–Trinajstić information content (AvgIpc) is 3.10. The molecule has 6 rings (SSSR count). The molecule has 1 amide bonds. The van der Waals surface area contributed by atoms with Crippen LogP contribution in [0.2, 0.25) is 0 Å². The van der Waals surface area contributed by atoms with E-state index in [0.29, 0.717) is 17.4 Å². The van der Waals surface area contributed by atoms with Crippen LogP contribution >= 0.6 is 0 Å². The topological polar surface area (TPSA) is 91.9 Å². The zero-order valence-electron chi connectivity index (χ0n) is 18.6. The fraction of sp³-hybridized carbons (Fsp3) is 0.640. The van der Waals surface area contributed by atoms with Gasteiger partial charge in [0.25, 0.3) is 5.92 Å². The molecule has 1 aromatic rings. The minimum Gasteiger partial charge on any atom is -0.319 e. The Kier molecular flexibility index (Phi) is 5.42. The second-order valence-corrected chi connectivity index (χ2v) is 10.8. The van der Waals surface area contributed by atoms with Crippen LogP contribution in [0.1, 0.15) is 56.1 Å². The van der Waals surface area contributed by atoms with Gasteiger partial charge in [0.2, 0.25) is 5.91 Å². The Morgan fingerprint density at radius 3 is 2.27 bits per heavy atom. The summed E-state index contributed by atoms with van der Waals surface area (Å²) in [5, 5.41) is 25.5. The van der Waals surface area contributed by atoms with E-state index < -0.39 is 30.8 Å². The Morgan fingerprint density at radius 1 is 1.03 bits per heavy atom. The number of nitrogens with zero attached hydrogens (tertiary/aromatic N) is 3. The minimum absolute atomic E-state index is 0.000593. The largest absolute Gasteiger partial charge is 0.319 e. The van der Waals surface area contributed by atoms with Gasteiger partial charge in [-0.05, 0) is 68.1 Å². The van der Waals surface area contributed by atoms with Crippen LogP contribution in [0.5, 0.6) is 0 Å². The number of carbonyl (C=O) groups excluding carboxylic acids is 1. The van der Waals surface area contributed by atoms with Gasteiger partial charge in [-0.2, -0.15) is 10.5 Å². The van der Waals surface area contributed by atoms with E-state index in [4.69, 9.17) is 5.26 Å². The van der Waals surface area contributed by atoms with Gasteiger partial charge in [0.1, 0.15) is 6.04 Å². The Labute approximate surface area is 192 Å². The molecular weight excluding hydrogens is 424 g/mol. The molecule has 174 valence electrons. The quantitative estimate of drug-likeness (QED) is 0.691. The normalized spacial score (nSPS) is 35.9. The highest BCUT2D eigenvalue weighted by Gasteiger charge is 2.57. The van der Waals surface area contributed by atoms with Gasteiger partial charge < -0.3 is 15.5 Å². The Balaban J connectivity index is 1.25. The molecule has 0 spiro atoms. The van der Waals surface area contributed by atoms with Crippen LogP contribution < -0.4 is 10.6 Å². The summed E-state index contributed by atoms with van der Waals surface area (Å²) in [6, 6.07) is 10.6. The molecule has 4 aliphatic carbocycles. The highest BCUT2D eigenvalue weighted by molar-refractivity contribution is 5.79. The monoisotopic (exact) mass is 453 g/mol. The number of hydrogen-bond donors (Lipinski definition) is 2. The van der Waals surface area contributed by atoms with Gasteiger partial charge in [-0.25, -0.2) is 8.78 Å². The molecule has 8 heteroatoms. The first-order valence-electron chi connectivity index (χ1n) is 11.8. The molecular formula is C25H29F2N5O. The van der Waals surface area contributed by atoms with Gasteiger partial charge in [-0.15, -0.1) is 0 Å². The Bertz CT molecular complexity index is 997. The maximum absolute atomic E-state index is 13.8. The van der Waals surface area contributed by atoms with E-state index in [1.54, 1.807) is 0 Å². The molecule has 4 bridgehead atoms. The maximum Gasteiger partial charge on any atom is 0.268 e. The van der Waals surface area contributed by atoms with Crippen molar-refractivity contribution in [3.63, 3.8) is 0 Å². The number of carbonyl (C=O) groups is 1. The molecule has 33 heavy (non-hydrogen) atoms. The fourth-order valence-electron chi connectivity index (χ4n) is 7.22. The number of nitrogens with one attached hydrogen (secondary N) is 2. The summed E-state index contributed by atoms with van der Waals surface area (Å²) in [5.74, 6) is -2.22. The Hall–Kier alpha value is -2.55. The van der Waals surface area contributed by atoms with Crippen molar-refractivity contribution in [2.24, 2.45) is 11.8 Å². The first kappa shape index (κ1) is 22.3. The third kappa shape index (κ3) is 4.35. The second kappa shape index (κ2) is 8.04. The van der Waals surface area contributed by atoms with E-state index in [1.807, 2.05) is 30.3 Å². The first-order chi connectivity index (χ1) is 15.7. The molecule has 0 aromatic heterocycles. The van der Waals surface area contributed by atoms with Gasteiger partial charge in [0, 0.05) is 24.0 Å². The third-order valence-corrected chi connectivity index (χ3v) is 8.17. The van der Waals surface area contributed by atoms with E-state index in [2.05, 4.69) is 16.7 Å². The molecule has 1 heterocycles. The molecule has 1 saturated heterocycles. The number of hydrogen-bond acceptors (Lipinski definition) is 5. The van der Waals surface area contributed by atoms with Crippen molar-refractivity contribution >= 4 is 5.91 Å². The lowest BCUT2D eigenvalue weighted by atomic mass is 9.50. The Morgan fingerprint density at radius 2 is 1.67 bits per heavy atom. The predicted octanol–water partition coefficient (Wildman–Crippen LogP) is 3.09. The van der Waals surface area contributed by atoms with Gasteiger partial charge >= 0.3 is 0 Å². The van der Waals surface area contributed by atoms with Crippen molar-refractivity contribution in [3.8, 4) is 12.1 Å². The molecule has 0 radical (unpaired) electrons. The zero-order valence-corrected chi connectivity index (χ0v) is 18.6. The summed E-state index contributed by atoms with van der Waals surface area (Å²) in [5.41, 5.74) is 1.63. The summed E-state index contributed by atoms with van der Waals surface area (Å²) in [6.07, 6.45) is 5.80. The van der Waals surface area contributed by atoms with Crippen molar-refractivity contribution in [1.29, 1.82) is 10.5 Å². The lowest BCUT2D eigenvalue weighted by Crippen LogP contribution is -2.69. The molecule has 1 aromatic carbocycles. The second-order valence-electron chi connectivity index (χ2n) is 10.8. The predicted molar refractivity (Wildman–Crippen MR) is 117 cm³/mol. The molecule has 5 atom stereocenters. The summed E-state index contributed by atoms with van der Waals surface area (Å²) >= 11 is 0. The summed E-state index contributed by atoms with van der Waals surface area (Å²) in [7, 11) is 0. The fourth-order valence-corrected chi connectivity index (χ4v) is 7.22. The average molecular weight is 454 g/mol. The number of rotatable bonds is 6. The van der Waals surface area contributed by atoms with Gasteiger partial charge in [0.05, 0.1) is 30.8 Å². The summed E-state index contributed by atoms with van der Waals surface area (Å²) in [4.78, 5) is 13.8. The molecule has 6 nitrogen and oxygen atoms in total. The lowest BCUT2D eigenvalue weighted by molar-refractivity contribution is -0.133. The molecule has 4 saturated carbocycles. The summed E-state index contributed by atoms with van der Waals surface area (Å²) < 4.78 is 27.5. The first-order valence-corrected chi connectivity index (χ1v) is 11.8.